The second kappa shape index (κ2) is 5.16. The summed E-state index contributed by atoms with van der Waals surface area (Å²) in [5, 5.41) is 6.22. The highest BCUT2D eigenvalue weighted by molar-refractivity contribution is 5.96. The zero-order valence-corrected chi connectivity index (χ0v) is 12.3. The van der Waals surface area contributed by atoms with Crippen molar-refractivity contribution in [3.05, 3.63) is 41.3 Å². The molecule has 1 atom stereocenters. The lowest BCUT2D eigenvalue weighted by atomic mass is 10.1. The van der Waals surface area contributed by atoms with Crippen LogP contribution in [0.4, 0.5) is 11.4 Å². The SMILES string of the molecule is Cc1cc(C(C)Nc2ccc3c(c2)NC(=O)CO3)c(C)o1. The molecule has 0 saturated heterocycles. The minimum Gasteiger partial charge on any atom is -0.482 e. The molecular weight excluding hydrogens is 268 g/mol. The summed E-state index contributed by atoms with van der Waals surface area (Å²) in [6, 6.07) is 7.83. The molecule has 110 valence electrons. The summed E-state index contributed by atoms with van der Waals surface area (Å²) in [5.74, 6) is 2.39. The van der Waals surface area contributed by atoms with Gasteiger partial charge in [0.2, 0.25) is 0 Å². The molecule has 0 radical (unpaired) electrons. The monoisotopic (exact) mass is 286 g/mol. The number of amides is 1. The predicted octanol–water partition coefficient (Wildman–Crippen LogP) is 3.40. The number of ether oxygens (including phenoxy) is 1. The Labute approximate surface area is 123 Å². The largest absolute Gasteiger partial charge is 0.482 e. The van der Waals surface area contributed by atoms with Crippen molar-refractivity contribution in [1.29, 1.82) is 0 Å². The lowest BCUT2D eigenvalue weighted by molar-refractivity contribution is -0.118. The van der Waals surface area contributed by atoms with Crippen molar-refractivity contribution in [2.24, 2.45) is 0 Å². The fraction of sp³-hybridized carbons (Fsp3) is 0.312. The van der Waals surface area contributed by atoms with Gasteiger partial charge in [-0.2, -0.15) is 0 Å². The van der Waals surface area contributed by atoms with Crippen LogP contribution in [0.25, 0.3) is 0 Å². The highest BCUT2D eigenvalue weighted by Crippen LogP contribution is 2.32. The van der Waals surface area contributed by atoms with Gasteiger partial charge in [0, 0.05) is 11.3 Å². The normalized spacial score (nSPS) is 14.9. The molecule has 1 aliphatic rings. The van der Waals surface area contributed by atoms with Crippen LogP contribution in [0.3, 0.4) is 0 Å². The Morgan fingerprint density at radius 2 is 2.10 bits per heavy atom. The average Bonchev–Trinajstić information content (AvgIpc) is 2.77. The standard InChI is InChI=1S/C16H18N2O3/c1-9-6-13(11(3)21-9)10(2)17-12-4-5-15-14(7-12)18-16(19)8-20-15/h4-7,10,17H,8H2,1-3H3,(H,18,19). The predicted molar refractivity (Wildman–Crippen MR) is 80.8 cm³/mol. The molecule has 2 heterocycles. The number of benzene rings is 1. The fourth-order valence-electron chi connectivity index (χ4n) is 2.58. The third-order valence-corrected chi connectivity index (χ3v) is 3.54. The molecule has 2 aromatic rings. The molecule has 0 saturated carbocycles. The number of carbonyl (C=O) groups excluding carboxylic acids is 1. The van der Waals surface area contributed by atoms with Gasteiger partial charge in [-0.3, -0.25) is 4.79 Å². The number of nitrogens with one attached hydrogen (secondary N) is 2. The Kier molecular flexibility index (Phi) is 3.33. The van der Waals surface area contributed by atoms with E-state index in [1.54, 1.807) is 0 Å². The molecule has 3 rings (SSSR count). The molecule has 0 fully saturated rings. The number of hydrogen-bond acceptors (Lipinski definition) is 4. The van der Waals surface area contributed by atoms with Crippen molar-refractivity contribution in [3.8, 4) is 5.75 Å². The van der Waals surface area contributed by atoms with Gasteiger partial charge in [-0.05, 0) is 45.0 Å². The molecule has 21 heavy (non-hydrogen) atoms. The van der Waals surface area contributed by atoms with E-state index in [4.69, 9.17) is 9.15 Å². The van der Waals surface area contributed by atoms with Crippen LogP contribution >= 0.6 is 0 Å². The number of furan rings is 1. The van der Waals surface area contributed by atoms with E-state index in [9.17, 15) is 4.79 Å². The molecule has 2 N–H and O–H groups in total. The first-order valence-corrected chi connectivity index (χ1v) is 6.93. The lowest BCUT2D eigenvalue weighted by Crippen LogP contribution is -2.25. The van der Waals surface area contributed by atoms with Crippen molar-refractivity contribution in [1.82, 2.24) is 0 Å². The minimum absolute atomic E-state index is 0.0731. The lowest BCUT2D eigenvalue weighted by Gasteiger charge is -2.20. The van der Waals surface area contributed by atoms with Gasteiger partial charge in [0.05, 0.1) is 11.7 Å². The van der Waals surface area contributed by atoms with E-state index in [0.717, 1.165) is 22.8 Å². The minimum atomic E-state index is -0.131. The molecular formula is C16H18N2O3. The Balaban J connectivity index is 1.80. The summed E-state index contributed by atoms with van der Waals surface area (Å²) in [4.78, 5) is 11.4. The van der Waals surface area contributed by atoms with Crippen LogP contribution < -0.4 is 15.4 Å². The first-order valence-electron chi connectivity index (χ1n) is 6.93. The quantitative estimate of drug-likeness (QED) is 0.907. The Morgan fingerprint density at radius 1 is 1.29 bits per heavy atom. The maximum Gasteiger partial charge on any atom is 0.262 e. The topological polar surface area (TPSA) is 63.5 Å². The summed E-state index contributed by atoms with van der Waals surface area (Å²) in [6.45, 7) is 6.05. The van der Waals surface area contributed by atoms with Gasteiger partial charge in [-0.15, -0.1) is 0 Å². The average molecular weight is 286 g/mol. The van der Waals surface area contributed by atoms with Crippen molar-refractivity contribution in [2.45, 2.75) is 26.8 Å². The maximum absolute atomic E-state index is 11.4. The summed E-state index contributed by atoms with van der Waals surface area (Å²) < 4.78 is 10.9. The molecule has 0 spiro atoms. The van der Waals surface area contributed by atoms with E-state index in [0.29, 0.717) is 11.4 Å². The smallest absolute Gasteiger partial charge is 0.262 e. The fourth-order valence-corrected chi connectivity index (χ4v) is 2.58. The van der Waals surface area contributed by atoms with Crippen LogP contribution in [0.2, 0.25) is 0 Å². The van der Waals surface area contributed by atoms with Crippen molar-refractivity contribution < 1.29 is 13.9 Å². The van der Waals surface area contributed by atoms with Crippen LogP contribution in [0.15, 0.2) is 28.7 Å². The van der Waals surface area contributed by atoms with Gasteiger partial charge < -0.3 is 19.8 Å². The Bertz CT molecular complexity index is 691. The molecule has 1 aromatic carbocycles. The van der Waals surface area contributed by atoms with Gasteiger partial charge in [0.15, 0.2) is 6.61 Å². The van der Waals surface area contributed by atoms with Gasteiger partial charge in [0.25, 0.3) is 5.91 Å². The summed E-state index contributed by atoms with van der Waals surface area (Å²) in [5.41, 5.74) is 2.75. The highest BCUT2D eigenvalue weighted by atomic mass is 16.5. The number of anilines is 2. The molecule has 1 aliphatic heterocycles. The molecule has 0 bridgehead atoms. The molecule has 0 aliphatic carbocycles. The zero-order valence-electron chi connectivity index (χ0n) is 12.3. The Morgan fingerprint density at radius 3 is 2.81 bits per heavy atom. The number of carbonyl (C=O) groups is 1. The molecule has 5 heteroatoms. The van der Waals surface area contributed by atoms with Crippen LogP contribution in [0, 0.1) is 13.8 Å². The zero-order chi connectivity index (χ0) is 15.0. The van der Waals surface area contributed by atoms with Gasteiger partial charge >= 0.3 is 0 Å². The van der Waals surface area contributed by atoms with E-state index in [1.807, 2.05) is 38.1 Å². The van der Waals surface area contributed by atoms with E-state index in [1.165, 1.54) is 0 Å². The van der Waals surface area contributed by atoms with E-state index >= 15 is 0 Å². The van der Waals surface area contributed by atoms with Crippen LogP contribution in [-0.2, 0) is 4.79 Å². The van der Waals surface area contributed by atoms with Crippen molar-refractivity contribution in [3.63, 3.8) is 0 Å². The summed E-state index contributed by atoms with van der Waals surface area (Å²) in [6.07, 6.45) is 0. The second-order valence-electron chi connectivity index (χ2n) is 5.28. The molecule has 1 amide bonds. The van der Waals surface area contributed by atoms with Gasteiger partial charge in [0.1, 0.15) is 17.3 Å². The van der Waals surface area contributed by atoms with E-state index < -0.39 is 0 Å². The van der Waals surface area contributed by atoms with Crippen LogP contribution in [0.5, 0.6) is 5.75 Å². The molecule has 5 nitrogen and oxygen atoms in total. The van der Waals surface area contributed by atoms with Crippen molar-refractivity contribution in [2.75, 3.05) is 17.2 Å². The number of rotatable bonds is 3. The molecule has 1 aromatic heterocycles. The third-order valence-electron chi connectivity index (χ3n) is 3.54. The first kappa shape index (κ1) is 13.5. The first-order chi connectivity index (χ1) is 10.0. The highest BCUT2D eigenvalue weighted by Gasteiger charge is 2.17. The number of aryl methyl sites for hydroxylation is 2. The van der Waals surface area contributed by atoms with Crippen LogP contribution in [0.1, 0.15) is 30.0 Å². The van der Waals surface area contributed by atoms with E-state index in [-0.39, 0.29) is 18.6 Å². The summed E-state index contributed by atoms with van der Waals surface area (Å²) >= 11 is 0. The summed E-state index contributed by atoms with van der Waals surface area (Å²) in [7, 11) is 0. The second-order valence-corrected chi connectivity index (χ2v) is 5.28. The van der Waals surface area contributed by atoms with Crippen molar-refractivity contribution >= 4 is 17.3 Å². The maximum atomic E-state index is 11.4. The number of fused-ring (bicyclic) bond motifs is 1. The number of hydrogen-bond donors (Lipinski definition) is 2. The van der Waals surface area contributed by atoms with Gasteiger partial charge in [-0.1, -0.05) is 0 Å². The van der Waals surface area contributed by atoms with Gasteiger partial charge in [-0.25, -0.2) is 0 Å². The van der Waals surface area contributed by atoms with E-state index in [2.05, 4.69) is 17.6 Å². The molecule has 1 unspecified atom stereocenters. The third kappa shape index (κ3) is 2.72. The Hall–Kier alpha value is -2.43. The van der Waals surface area contributed by atoms with Crippen LogP contribution in [-0.4, -0.2) is 12.5 Å².